The van der Waals surface area contributed by atoms with E-state index in [2.05, 4.69) is 0 Å². The highest BCUT2D eigenvalue weighted by Gasteiger charge is 2.43. The van der Waals surface area contributed by atoms with Gasteiger partial charge < -0.3 is 60.3 Å². The van der Waals surface area contributed by atoms with E-state index in [-0.39, 0.29) is 90.0 Å². The number of alkyl halides is 6. The Balaban J connectivity index is 0.00000250. The quantitative estimate of drug-likeness (QED) is 0.00573. The lowest BCUT2D eigenvalue weighted by atomic mass is 9.83. The average Bonchev–Trinajstić information content (AvgIpc) is 3.43. The van der Waals surface area contributed by atoms with Crippen LogP contribution in [0.4, 0.5) is 37.7 Å². The number of rotatable bonds is 26. The Bertz CT molecular complexity index is 2810. The van der Waals surface area contributed by atoms with Gasteiger partial charge in [-0.15, -0.1) is 0 Å². The number of aliphatic hydroxyl groups is 4. The van der Waals surface area contributed by atoms with Crippen molar-refractivity contribution < 1.29 is 94.4 Å². The van der Waals surface area contributed by atoms with E-state index in [0.717, 1.165) is 12.2 Å². The fourth-order valence-electron chi connectivity index (χ4n) is 6.99. The molecule has 0 aliphatic carbocycles. The van der Waals surface area contributed by atoms with Crippen molar-refractivity contribution >= 4 is 47.0 Å². The first-order chi connectivity index (χ1) is 36.8. The summed E-state index contributed by atoms with van der Waals surface area (Å²) in [5.41, 5.74) is 13.3. The molecule has 0 fully saturated rings. The van der Waals surface area contributed by atoms with Crippen LogP contribution in [-0.2, 0) is 9.59 Å². The molecule has 0 amide bonds. The number of nitrogens with two attached hydrogens (primary N) is 2. The summed E-state index contributed by atoms with van der Waals surface area (Å²) in [4.78, 5) is 53.0. The van der Waals surface area contributed by atoms with Gasteiger partial charge in [0.25, 0.3) is 0 Å². The Hall–Kier alpha value is -7.92. The first-order valence-corrected chi connectivity index (χ1v) is 24.1. The van der Waals surface area contributed by atoms with E-state index < -0.39 is 73.1 Å². The summed E-state index contributed by atoms with van der Waals surface area (Å²) < 4.78 is 107. The fourth-order valence-corrected chi connectivity index (χ4v) is 6.99. The van der Waals surface area contributed by atoms with Crippen LogP contribution in [0.2, 0.25) is 0 Å². The number of carbonyl (C=O) groups is 4. The molecular weight excluding hydrogens is 1040 g/mol. The molecule has 0 aliphatic heterocycles. The number of halogens is 6. The smallest absolute Gasteiger partial charge is 0.389 e. The number of unbranched alkanes of at least 4 members (excludes halogenated alkanes) is 2. The molecule has 0 spiro atoms. The second kappa shape index (κ2) is 29.6. The Labute approximate surface area is 445 Å². The Morgan fingerprint density at radius 2 is 0.987 bits per heavy atom. The first kappa shape index (κ1) is 62.6. The van der Waals surface area contributed by atoms with Crippen LogP contribution in [0.15, 0.2) is 115 Å². The maximum atomic E-state index is 13.6. The van der Waals surface area contributed by atoms with E-state index in [1.807, 2.05) is 0 Å². The molecule has 1 unspecified atom stereocenters. The highest BCUT2D eigenvalue weighted by Crippen LogP contribution is 2.36. The van der Waals surface area contributed by atoms with E-state index in [9.17, 15) is 55.7 Å². The summed E-state index contributed by atoms with van der Waals surface area (Å²) in [5, 5.41) is 38.8. The topological polar surface area (TPSA) is 257 Å². The summed E-state index contributed by atoms with van der Waals surface area (Å²) >= 11 is 0. The molecule has 5 aromatic carbocycles. The minimum absolute atomic E-state index is 0.00240. The van der Waals surface area contributed by atoms with Crippen molar-refractivity contribution in [2.75, 3.05) is 38.9 Å². The number of hydrogen-bond donors (Lipinski definition) is 6. The zero-order valence-corrected chi connectivity index (χ0v) is 42.6. The molecule has 0 radical (unpaired) electrons. The fraction of sp³-hybridized carbons (Fsp3) is 0.321. The van der Waals surface area contributed by atoms with Crippen LogP contribution in [0.25, 0.3) is 12.2 Å². The van der Waals surface area contributed by atoms with E-state index >= 15 is 0 Å². The zero-order chi connectivity index (χ0) is 57.6. The molecule has 8 N–H and O–H groups in total. The maximum Gasteiger partial charge on any atom is 0.389 e. The van der Waals surface area contributed by atoms with Gasteiger partial charge in [0.2, 0.25) is 11.6 Å². The molecule has 22 heteroatoms. The van der Waals surface area contributed by atoms with Crippen molar-refractivity contribution in [2.24, 2.45) is 0 Å². The molecule has 0 saturated heterocycles. The number of benzene rings is 5. The standard InChI is InChI=1S/C53H52F6N2O12.C3H8O2/c1-68-46-27-33(8-20-44(46)72-49(64)35-11-16-41(17-12-35)70-25-5-3-23-51(54,55)56)7-15-40(62)32-43(37-29-38(60)31-39(61)30-37)53(66,67)48(63)22-10-34-9-21-45(47(28-34)69-2)73-50(65)36-13-18-42(19-14-36)71-26-6-4-24-52(57,58)59;1-2-3(4)5/h7-22,27-31,43,66-67H,3-6,23-26,32,60-61H2,1-2H3;3-5H,2H2,1H3/b15-7+,22-10+;. The number of anilines is 2. The van der Waals surface area contributed by atoms with Gasteiger partial charge in [0.15, 0.2) is 35.1 Å². The van der Waals surface area contributed by atoms with Crippen LogP contribution in [0.5, 0.6) is 34.5 Å². The van der Waals surface area contributed by atoms with Crippen molar-refractivity contribution in [3.05, 3.63) is 143 Å². The van der Waals surface area contributed by atoms with E-state index in [1.165, 1.54) is 129 Å². The van der Waals surface area contributed by atoms with Crippen molar-refractivity contribution in [3.63, 3.8) is 0 Å². The van der Waals surface area contributed by atoms with E-state index in [1.54, 1.807) is 6.92 Å². The van der Waals surface area contributed by atoms with Gasteiger partial charge in [-0.1, -0.05) is 31.2 Å². The van der Waals surface area contributed by atoms with Gasteiger partial charge in [-0.3, -0.25) is 9.59 Å². The zero-order valence-electron chi connectivity index (χ0n) is 42.6. The molecule has 0 heterocycles. The highest BCUT2D eigenvalue weighted by molar-refractivity contribution is 6.01. The van der Waals surface area contributed by atoms with Gasteiger partial charge in [-0.05, 0) is 152 Å². The lowest BCUT2D eigenvalue weighted by Crippen LogP contribution is -2.44. The first-order valence-electron chi connectivity index (χ1n) is 24.1. The summed E-state index contributed by atoms with van der Waals surface area (Å²) in [6.45, 7) is 1.82. The molecular formula is C56H60F6N2O14. The van der Waals surface area contributed by atoms with Gasteiger partial charge in [-0.2, -0.15) is 26.3 Å². The summed E-state index contributed by atoms with van der Waals surface area (Å²) in [6.07, 6.45) is -6.75. The molecule has 0 aliphatic rings. The largest absolute Gasteiger partial charge is 0.494 e. The molecule has 0 aromatic heterocycles. The molecule has 420 valence electrons. The van der Waals surface area contributed by atoms with Gasteiger partial charge in [-0.25, -0.2) is 9.59 Å². The number of ether oxygens (including phenoxy) is 6. The van der Waals surface area contributed by atoms with Crippen LogP contribution >= 0.6 is 0 Å². The molecule has 1 atom stereocenters. The van der Waals surface area contributed by atoms with E-state index in [4.69, 9.17) is 50.1 Å². The minimum atomic E-state index is -4.24. The third-order valence-electron chi connectivity index (χ3n) is 11.1. The number of methoxy groups -OCH3 is 2. The lowest BCUT2D eigenvalue weighted by molar-refractivity contribution is -0.187. The number of hydrogen-bond acceptors (Lipinski definition) is 16. The molecule has 78 heavy (non-hydrogen) atoms. The highest BCUT2D eigenvalue weighted by atomic mass is 19.4. The molecule has 0 bridgehead atoms. The van der Waals surface area contributed by atoms with Crippen molar-refractivity contribution in [1.82, 2.24) is 0 Å². The average molecular weight is 1100 g/mol. The molecule has 5 aromatic rings. The third-order valence-corrected chi connectivity index (χ3v) is 11.1. The molecule has 0 saturated carbocycles. The van der Waals surface area contributed by atoms with Gasteiger partial charge in [0.05, 0.1) is 44.5 Å². The van der Waals surface area contributed by atoms with Crippen molar-refractivity contribution in [3.8, 4) is 34.5 Å². The number of aliphatic hydroxyl groups excluding tert-OH is 1. The SMILES string of the molecule is CCC(O)O.COc1cc(/C=C/C(=O)CC(c2cc(N)cc(N)c2)C(O)(O)C(=O)/C=C/c2ccc(OC(=O)c3ccc(OCCCCC(F)(F)F)cc3)c(OC)c2)ccc1OC(=O)c1ccc(OCCCCC(F)(F)F)cc1. The van der Waals surface area contributed by atoms with Crippen molar-refractivity contribution in [1.29, 1.82) is 0 Å². The Morgan fingerprint density at radius 1 is 0.577 bits per heavy atom. The maximum absolute atomic E-state index is 13.6. The van der Waals surface area contributed by atoms with Gasteiger partial charge >= 0.3 is 24.3 Å². The van der Waals surface area contributed by atoms with Crippen LogP contribution in [-0.4, -0.2) is 95.8 Å². The molecule has 16 nitrogen and oxygen atoms in total. The summed E-state index contributed by atoms with van der Waals surface area (Å²) in [7, 11) is 2.63. The van der Waals surface area contributed by atoms with Crippen LogP contribution in [0.3, 0.4) is 0 Å². The number of carbonyl (C=O) groups excluding carboxylic acids is 4. The number of nitrogen functional groups attached to an aromatic ring is 2. The van der Waals surface area contributed by atoms with Crippen molar-refractivity contribution in [2.45, 2.75) is 88.6 Å². The second-order valence-corrected chi connectivity index (χ2v) is 17.3. The number of allylic oxidation sites excluding steroid dienone is 1. The Morgan fingerprint density at radius 3 is 1.37 bits per heavy atom. The van der Waals surface area contributed by atoms with E-state index in [0.29, 0.717) is 29.0 Å². The Kier molecular flexibility index (Phi) is 23.7. The van der Waals surface area contributed by atoms with Gasteiger partial charge in [0.1, 0.15) is 11.5 Å². The predicted molar refractivity (Wildman–Crippen MR) is 276 cm³/mol. The van der Waals surface area contributed by atoms with Crippen LogP contribution in [0.1, 0.15) is 102 Å². The number of esters is 2. The minimum Gasteiger partial charge on any atom is -0.494 e. The predicted octanol–water partition coefficient (Wildman–Crippen LogP) is 9.96. The van der Waals surface area contributed by atoms with Crippen LogP contribution in [0, 0.1) is 0 Å². The van der Waals surface area contributed by atoms with Gasteiger partial charge in [0, 0.05) is 30.6 Å². The third kappa shape index (κ3) is 21.2. The summed E-state index contributed by atoms with van der Waals surface area (Å²) in [5.74, 6) is -7.31. The number of ketones is 2. The summed E-state index contributed by atoms with van der Waals surface area (Å²) in [6, 6.07) is 24.3. The lowest BCUT2D eigenvalue weighted by Gasteiger charge is -2.29. The van der Waals surface area contributed by atoms with Crippen LogP contribution < -0.4 is 39.9 Å². The second-order valence-electron chi connectivity index (χ2n) is 17.3. The monoisotopic (exact) mass is 1100 g/mol. The molecule has 5 rings (SSSR count). The normalized spacial score (nSPS) is 12.2.